The molecule has 0 unspecified atom stereocenters. The standard InChI is InChI=1S/C13H18N4O3/c1-13(2)8-16(6-5-15-13)10-4-3-9(12(14)18)7-11(10)17(19)20/h3-4,7,15H,5-6,8H2,1-2H3,(H2,14,18). The first kappa shape index (κ1) is 14.3. The van der Waals surface area contributed by atoms with Gasteiger partial charge in [-0.15, -0.1) is 0 Å². The zero-order chi connectivity index (χ0) is 14.9. The van der Waals surface area contributed by atoms with E-state index in [1.165, 1.54) is 12.1 Å². The van der Waals surface area contributed by atoms with Gasteiger partial charge in [-0.1, -0.05) is 0 Å². The molecule has 1 aromatic carbocycles. The number of hydrogen-bond acceptors (Lipinski definition) is 5. The lowest BCUT2D eigenvalue weighted by Crippen LogP contribution is -2.57. The predicted octanol–water partition coefficient (Wildman–Crippen LogP) is 0.882. The zero-order valence-electron chi connectivity index (χ0n) is 11.5. The van der Waals surface area contributed by atoms with Crippen LogP contribution in [0.4, 0.5) is 11.4 Å². The van der Waals surface area contributed by atoms with Gasteiger partial charge >= 0.3 is 0 Å². The Morgan fingerprint density at radius 1 is 1.50 bits per heavy atom. The third-order valence-corrected chi connectivity index (χ3v) is 3.37. The molecule has 1 aromatic rings. The lowest BCUT2D eigenvalue weighted by molar-refractivity contribution is -0.384. The Labute approximate surface area is 116 Å². The van der Waals surface area contributed by atoms with E-state index in [9.17, 15) is 14.9 Å². The van der Waals surface area contributed by atoms with Crippen molar-refractivity contribution < 1.29 is 9.72 Å². The largest absolute Gasteiger partial charge is 0.366 e. The molecule has 0 bridgehead atoms. The zero-order valence-corrected chi connectivity index (χ0v) is 11.5. The summed E-state index contributed by atoms with van der Waals surface area (Å²) in [5, 5.41) is 14.6. The summed E-state index contributed by atoms with van der Waals surface area (Å²) in [4.78, 5) is 23.8. The minimum absolute atomic E-state index is 0.0843. The molecule has 1 heterocycles. The van der Waals surface area contributed by atoms with E-state index in [0.717, 1.165) is 6.54 Å². The maximum atomic E-state index is 11.2. The topological polar surface area (TPSA) is 102 Å². The number of nitro groups is 1. The Bertz CT molecular complexity index is 557. The number of nitro benzene ring substituents is 1. The minimum atomic E-state index is -0.666. The van der Waals surface area contributed by atoms with Crippen molar-refractivity contribution in [1.82, 2.24) is 5.32 Å². The monoisotopic (exact) mass is 278 g/mol. The van der Waals surface area contributed by atoms with E-state index < -0.39 is 10.8 Å². The van der Waals surface area contributed by atoms with E-state index in [1.807, 2.05) is 18.7 Å². The summed E-state index contributed by atoms with van der Waals surface area (Å²) in [7, 11) is 0. The van der Waals surface area contributed by atoms with Crippen molar-refractivity contribution in [2.24, 2.45) is 5.73 Å². The van der Waals surface area contributed by atoms with Crippen LogP contribution in [0.5, 0.6) is 0 Å². The van der Waals surface area contributed by atoms with Crippen LogP contribution < -0.4 is 16.0 Å². The van der Waals surface area contributed by atoms with Crippen molar-refractivity contribution in [2.45, 2.75) is 19.4 Å². The number of anilines is 1. The number of hydrogen-bond donors (Lipinski definition) is 2. The molecule has 108 valence electrons. The van der Waals surface area contributed by atoms with Crippen LogP contribution >= 0.6 is 0 Å². The quantitative estimate of drug-likeness (QED) is 0.631. The maximum Gasteiger partial charge on any atom is 0.293 e. The van der Waals surface area contributed by atoms with Crippen molar-refractivity contribution in [3.8, 4) is 0 Å². The molecule has 1 aliphatic rings. The van der Waals surface area contributed by atoms with Crippen LogP contribution in [0, 0.1) is 10.1 Å². The number of carbonyl (C=O) groups excluding carboxylic acids is 1. The van der Waals surface area contributed by atoms with Gasteiger partial charge in [0, 0.05) is 36.8 Å². The molecule has 0 saturated carbocycles. The molecule has 0 aliphatic carbocycles. The number of benzene rings is 1. The molecule has 0 spiro atoms. The highest BCUT2D eigenvalue weighted by Crippen LogP contribution is 2.31. The molecular weight excluding hydrogens is 260 g/mol. The first-order valence-corrected chi connectivity index (χ1v) is 6.38. The molecule has 1 aliphatic heterocycles. The predicted molar refractivity (Wildman–Crippen MR) is 75.9 cm³/mol. The van der Waals surface area contributed by atoms with E-state index in [1.54, 1.807) is 6.07 Å². The Kier molecular flexibility index (Phi) is 3.63. The lowest BCUT2D eigenvalue weighted by Gasteiger charge is -2.40. The minimum Gasteiger partial charge on any atom is -0.366 e. The van der Waals surface area contributed by atoms with Crippen LogP contribution in [-0.2, 0) is 0 Å². The smallest absolute Gasteiger partial charge is 0.293 e. The number of piperazine rings is 1. The molecule has 1 saturated heterocycles. The van der Waals surface area contributed by atoms with Gasteiger partial charge in [0.25, 0.3) is 5.69 Å². The number of nitrogens with zero attached hydrogens (tertiary/aromatic N) is 2. The molecule has 1 fully saturated rings. The number of rotatable bonds is 3. The first-order chi connectivity index (χ1) is 9.30. The average molecular weight is 278 g/mol. The SMILES string of the molecule is CC1(C)CN(c2ccc(C(N)=O)cc2[N+](=O)[O-])CCN1. The van der Waals surface area contributed by atoms with Gasteiger partial charge in [0.1, 0.15) is 5.69 Å². The van der Waals surface area contributed by atoms with Gasteiger partial charge in [0.2, 0.25) is 5.91 Å². The summed E-state index contributed by atoms with van der Waals surface area (Å²) in [5.74, 6) is -0.666. The van der Waals surface area contributed by atoms with E-state index >= 15 is 0 Å². The Hall–Kier alpha value is -2.15. The summed E-state index contributed by atoms with van der Waals surface area (Å²) in [6.07, 6.45) is 0. The number of amides is 1. The van der Waals surface area contributed by atoms with Gasteiger partial charge in [-0.2, -0.15) is 0 Å². The van der Waals surface area contributed by atoms with E-state index in [0.29, 0.717) is 18.8 Å². The van der Waals surface area contributed by atoms with Crippen LogP contribution in [0.2, 0.25) is 0 Å². The molecule has 7 heteroatoms. The fraction of sp³-hybridized carbons (Fsp3) is 0.462. The Morgan fingerprint density at radius 3 is 2.75 bits per heavy atom. The van der Waals surface area contributed by atoms with Gasteiger partial charge in [0.15, 0.2) is 0 Å². The van der Waals surface area contributed by atoms with Crippen LogP contribution in [0.15, 0.2) is 18.2 Å². The first-order valence-electron chi connectivity index (χ1n) is 6.38. The van der Waals surface area contributed by atoms with Crippen LogP contribution in [0.1, 0.15) is 24.2 Å². The van der Waals surface area contributed by atoms with Crippen LogP contribution in [-0.4, -0.2) is 36.0 Å². The second-order valence-corrected chi connectivity index (χ2v) is 5.56. The van der Waals surface area contributed by atoms with Crippen molar-refractivity contribution >= 4 is 17.3 Å². The summed E-state index contributed by atoms with van der Waals surface area (Å²) < 4.78 is 0. The number of nitrogens with one attached hydrogen (secondary N) is 1. The van der Waals surface area contributed by atoms with Crippen LogP contribution in [0.25, 0.3) is 0 Å². The second kappa shape index (κ2) is 5.09. The second-order valence-electron chi connectivity index (χ2n) is 5.56. The highest BCUT2D eigenvalue weighted by molar-refractivity contribution is 5.94. The van der Waals surface area contributed by atoms with Crippen LogP contribution in [0.3, 0.4) is 0 Å². The molecule has 20 heavy (non-hydrogen) atoms. The van der Waals surface area contributed by atoms with E-state index in [-0.39, 0.29) is 16.8 Å². The molecule has 0 aromatic heterocycles. The van der Waals surface area contributed by atoms with Crippen molar-refractivity contribution in [3.63, 3.8) is 0 Å². The van der Waals surface area contributed by atoms with E-state index in [2.05, 4.69) is 5.32 Å². The highest BCUT2D eigenvalue weighted by Gasteiger charge is 2.29. The molecule has 0 atom stereocenters. The van der Waals surface area contributed by atoms with Gasteiger partial charge in [-0.25, -0.2) is 0 Å². The highest BCUT2D eigenvalue weighted by atomic mass is 16.6. The lowest BCUT2D eigenvalue weighted by atomic mass is 10.0. The molecular formula is C13H18N4O3. The number of carbonyl (C=O) groups is 1. The fourth-order valence-corrected chi connectivity index (χ4v) is 2.44. The van der Waals surface area contributed by atoms with Crippen molar-refractivity contribution in [1.29, 1.82) is 0 Å². The third kappa shape index (κ3) is 2.88. The van der Waals surface area contributed by atoms with Gasteiger partial charge in [-0.05, 0) is 26.0 Å². The summed E-state index contributed by atoms with van der Waals surface area (Å²) in [6, 6.07) is 4.37. The molecule has 0 radical (unpaired) electrons. The van der Waals surface area contributed by atoms with Gasteiger partial charge < -0.3 is 16.0 Å². The van der Waals surface area contributed by atoms with Crippen molar-refractivity contribution in [2.75, 3.05) is 24.5 Å². The maximum absolute atomic E-state index is 11.2. The third-order valence-electron chi connectivity index (χ3n) is 3.37. The Morgan fingerprint density at radius 2 is 2.20 bits per heavy atom. The molecule has 3 N–H and O–H groups in total. The molecule has 7 nitrogen and oxygen atoms in total. The number of nitrogens with two attached hydrogens (primary N) is 1. The van der Waals surface area contributed by atoms with E-state index in [4.69, 9.17) is 5.73 Å². The average Bonchev–Trinajstić information content (AvgIpc) is 2.36. The van der Waals surface area contributed by atoms with Crippen molar-refractivity contribution in [3.05, 3.63) is 33.9 Å². The Balaban J connectivity index is 2.40. The molecule has 1 amide bonds. The summed E-state index contributed by atoms with van der Waals surface area (Å²) >= 11 is 0. The van der Waals surface area contributed by atoms with Gasteiger partial charge in [0.05, 0.1) is 4.92 Å². The summed E-state index contributed by atoms with van der Waals surface area (Å²) in [6.45, 7) is 6.18. The van der Waals surface area contributed by atoms with Gasteiger partial charge in [-0.3, -0.25) is 14.9 Å². The fourth-order valence-electron chi connectivity index (χ4n) is 2.44. The normalized spacial score (nSPS) is 17.8. The number of primary amides is 1. The molecule has 2 rings (SSSR count). The summed E-state index contributed by atoms with van der Waals surface area (Å²) in [5.41, 5.74) is 5.64.